The topological polar surface area (TPSA) is 63.1 Å². The molecule has 0 spiro atoms. The average Bonchev–Trinajstić information content (AvgIpc) is 3.06. The van der Waals surface area contributed by atoms with E-state index in [1.54, 1.807) is 35.4 Å². The number of hydrogen-bond donors (Lipinski definition) is 1. The van der Waals surface area contributed by atoms with Gasteiger partial charge in [-0.25, -0.2) is 9.97 Å². The number of carbonyl (C=O) groups excluding carboxylic acids is 1. The fourth-order valence-electron chi connectivity index (χ4n) is 3.04. The maximum Gasteiger partial charge on any atom is 0.251 e. The first-order chi connectivity index (χ1) is 10.8. The summed E-state index contributed by atoms with van der Waals surface area (Å²) in [6, 6.07) is 4.59. The molecule has 1 N–H and O–H groups in total. The van der Waals surface area contributed by atoms with Crippen LogP contribution in [0.1, 0.15) is 29.6 Å². The molecule has 114 valence electrons. The molecule has 1 amide bonds. The third-order valence-electron chi connectivity index (χ3n) is 4.39. The molecule has 1 saturated heterocycles. The molecule has 6 heteroatoms. The van der Waals surface area contributed by atoms with Crippen LogP contribution in [0.3, 0.4) is 0 Å². The van der Waals surface area contributed by atoms with Crippen molar-refractivity contribution in [1.82, 2.24) is 24.8 Å². The Bertz CT molecular complexity index is 665. The Hall–Kier alpha value is -2.21. The van der Waals surface area contributed by atoms with Gasteiger partial charge in [0.1, 0.15) is 12.1 Å². The summed E-state index contributed by atoms with van der Waals surface area (Å²) in [6.45, 7) is 2.09. The van der Waals surface area contributed by atoms with E-state index in [-0.39, 0.29) is 11.9 Å². The van der Waals surface area contributed by atoms with Crippen molar-refractivity contribution in [3.05, 3.63) is 42.6 Å². The van der Waals surface area contributed by atoms with E-state index >= 15 is 0 Å². The first kappa shape index (κ1) is 13.5. The van der Waals surface area contributed by atoms with Crippen LogP contribution in [0.15, 0.2) is 37.1 Å². The monoisotopic (exact) mass is 297 g/mol. The zero-order valence-corrected chi connectivity index (χ0v) is 12.4. The summed E-state index contributed by atoms with van der Waals surface area (Å²) in [7, 11) is 0. The van der Waals surface area contributed by atoms with Crippen LogP contribution in [0.25, 0.3) is 5.82 Å². The van der Waals surface area contributed by atoms with Crippen LogP contribution in [-0.4, -0.2) is 50.5 Å². The van der Waals surface area contributed by atoms with Gasteiger partial charge in [-0.2, -0.15) is 0 Å². The molecular weight excluding hydrogens is 278 g/mol. The first-order valence-corrected chi connectivity index (χ1v) is 7.79. The van der Waals surface area contributed by atoms with Gasteiger partial charge in [-0.15, -0.1) is 0 Å². The van der Waals surface area contributed by atoms with E-state index in [9.17, 15) is 4.79 Å². The first-order valence-electron chi connectivity index (χ1n) is 7.79. The van der Waals surface area contributed by atoms with Gasteiger partial charge < -0.3 is 5.32 Å². The van der Waals surface area contributed by atoms with Gasteiger partial charge in [0, 0.05) is 49.3 Å². The van der Waals surface area contributed by atoms with Crippen molar-refractivity contribution in [3.8, 4) is 5.82 Å². The second-order valence-electron chi connectivity index (χ2n) is 6.06. The molecule has 1 aliphatic heterocycles. The smallest absolute Gasteiger partial charge is 0.251 e. The molecule has 1 atom stereocenters. The number of pyridine rings is 1. The Kier molecular flexibility index (Phi) is 3.38. The summed E-state index contributed by atoms with van der Waals surface area (Å²) in [5.41, 5.74) is 0.642. The summed E-state index contributed by atoms with van der Waals surface area (Å²) < 4.78 is 1.79. The summed E-state index contributed by atoms with van der Waals surface area (Å²) in [5, 5.41) is 3.15. The average molecular weight is 297 g/mol. The summed E-state index contributed by atoms with van der Waals surface area (Å²) in [5.74, 6) is 0.683. The van der Waals surface area contributed by atoms with Crippen LogP contribution in [-0.2, 0) is 0 Å². The molecule has 3 heterocycles. The van der Waals surface area contributed by atoms with E-state index in [0.717, 1.165) is 25.6 Å². The van der Waals surface area contributed by atoms with E-state index in [1.807, 2.05) is 6.20 Å². The molecule has 22 heavy (non-hydrogen) atoms. The van der Waals surface area contributed by atoms with Crippen molar-refractivity contribution in [1.29, 1.82) is 0 Å². The van der Waals surface area contributed by atoms with Gasteiger partial charge in [0.15, 0.2) is 0 Å². The number of imidazole rings is 1. The maximum absolute atomic E-state index is 12.4. The highest BCUT2D eigenvalue weighted by Crippen LogP contribution is 2.29. The number of nitrogens with one attached hydrogen (secondary N) is 1. The van der Waals surface area contributed by atoms with Gasteiger partial charge in [-0.05, 0) is 31.4 Å². The molecule has 0 aromatic carbocycles. The SMILES string of the molecule is O=C(N[C@@H]1CCN(C2CC2)C1)c1ccnc(-n2ccnc2)c1. The maximum atomic E-state index is 12.4. The van der Waals surface area contributed by atoms with Crippen molar-refractivity contribution in [3.63, 3.8) is 0 Å². The van der Waals surface area contributed by atoms with E-state index in [0.29, 0.717) is 11.4 Å². The van der Waals surface area contributed by atoms with Crippen molar-refractivity contribution < 1.29 is 4.79 Å². The van der Waals surface area contributed by atoms with Crippen LogP contribution >= 0.6 is 0 Å². The summed E-state index contributed by atoms with van der Waals surface area (Å²) >= 11 is 0. The van der Waals surface area contributed by atoms with Gasteiger partial charge in [0.2, 0.25) is 0 Å². The van der Waals surface area contributed by atoms with Gasteiger partial charge in [0.25, 0.3) is 5.91 Å². The Morgan fingerprint density at radius 2 is 2.18 bits per heavy atom. The number of carbonyl (C=O) groups is 1. The molecule has 2 aromatic heterocycles. The number of rotatable bonds is 4. The standard InChI is InChI=1S/C16H19N5O/c22-16(19-13-4-7-20(10-13)14-1-2-14)12-3-5-18-15(9-12)21-8-6-17-11-21/h3,5-6,8-9,11,13-14H,1-2,4,7,10H2,(H,19,22)/t13-/m1/s1. The zero-order chi connectivity index (χ0) is 14.9. The lowest BCUT2D eigenvalue weighted by atomic mass is 10.2. The minimum Gasteiger partial charge on any atom is -0.348 e. The predicted octanol–water partition coefficient (Wildman–Crippen LogP) is 1.23. The minimum atomic E-state index is -0.0218. The fraction of sp³-hybridized carbons (Fsp3) is 0.438. The van der Waals surface area contributed by atoms with Crippen LogP contribution in [0, 0.1) is 0 Å². The fourth-order valence-corrected chi connectivity index (χ4v) is 3.04. The number of hydrogen-bond acceptors (Lipinski definition) is 4. The third kappa shape index (κ3) is 2.74. The van der Waals surface area contributed by atoms with Crippen LogP contribution in [0.4, 0.5) is 0 Å². The highest BCUT2D eigenvalue weighted by atomic mass is 16.1. The quantitative estimate of drug-likeness (QED) is 0.922. The molecule has 0 bridgehead atoms. The van der Waals surface area contributed by atoms with E-state index < -0.39 is 0 Å². The third-order valence-corrected chi connectivity index (χ3v) is 4.39. The lowest BCUT2D eigenvalue weighted by molar-refractivity contribution is 0.0937. The normalized spacial score (nSPS) is 21.9. The number of amides is 1. The number of aromatic nitrogens is 3. The lowest BCUT2D eigenvalue weighted by Crippen LogP contribution is -2.37. The molecule has 6 nitrogen and oxygen atoms in total. The van der Waals surface area contributed by atoms with Crippen LogP contribution in [0.2, 0.25) is 0 Å². The van der Waals surface area contributed by atoms with Crippen LogP contribution < -0.4 is 5.32 Å². The Labute approximate surface area is 129 Å². The second kappa shape index (κ2) is 5.53. The van der Waals surface area contributed by atoms with Gasteiger partial charge >= 0.3 is 0 Å². The van der Waals surface area contributed by atoms with E-state index in [1.165, 1.54) is 12.8 Å². The highest BCUT2D eigenvalue weighted by molar-refractivity contribution is 5.94. The molecule has 1 saturated carbocycles. The molecule has 2 fully saturated rings. The summed E-state index contributed by atoms with van der Waals surface area (Å²) in [6.07, 6.45) is 10.5. The number of likely N-dealkylation sites (tertiary alicyclic amines) is 1. The molecule has 1 aliphatic carbocycles. The van der Waals surface area contributed by atoms with Crippen LogP contribution in [0.5, 0.6) is 0 Å². The lowest BCUT2D eigenvalue weighted by Gasteiger charge is -2.16. The van der Waals surface area contributed by atoms with Gasteiger partial charge in [-0.3, -0.25) is 14.3 Å². The molecule has 2 aromatic rings. The molecule has 2 aliphatic rings. The second-order valence-corrected chi connectivity index (χ2v) is 6.06. The summed E-state index contributed by atoms with van der Waals surface area (Å²) in [4.78, 5) is 23.2. The zero-order valence-electron chi connectivity index (χ0n) is 12.4. The van der Waals surface area contributed by atoms with Gasteiger partial charge in [-0.1, -0.05) is 0 Å². The van der Waals surface area contributed by atoms with Crippen molar-refractivity contribution >= 4 is 5.91 Å². The molecule has 0 unspecified atom stereocenters. The van der Waals surface area contributed by atoms with Crippen molar-refractivity contribution in [2.45, 2.75) is 31.3 Å². The van der Waals surface area contributed by atoms with Gasteiger partial charge in [0.05, 0.1) is 0 Å². The Balaban J connectivity index is 1.43. The minimum absolute atomic E-state index is 0.0218. The molecular formula is C16H19N5O. The Morgan fingerprint density at radius 3 is 2.95 bits per heavy atom. The van der Waals surface area contributed by atoms with E-state index in [2.05, 4.69) is 20.2 Å². The predicted molar refractivity (Wildman–Crippen MR) is 81.8 cm³/mol. The van der Waals surface area contributed by atoms with Crippen molar-refractivity contribution in [2.75, 3.05) is 13.1 Å². The van der Waals surface area contributed by atoms with E-state index in [4.69, 9.17) is 0 Å². The molecule has 4 rings (SSSR count). The van der Waals surface area contributed by atoms with Crippen molar-refractivity contribution in [2.24, 2.45) is 0 Å². The largest absolute Gasteiger partial charge is 0.348 e. The number of nitrogens with zero attached hydrogens (tertiary/aromatic N) is 4. The molecule has 0 radical (unpaired) electrons. The Morgan fingerprint density at radius 1 is 1.27 bits per heavy atom. The highest BCUT2D eigenvalue weighted by Gasteiger charge is 2.34.